The van der Waals surface area contributed by atoms with Crippen LogP contribution in [-0.2, 0) is 0 Å². The highest BCUT2D eigenvalue weighted by molar-refractivity contribution is 5.95. The van der Waals surface area contributed by atoms with Crippen LogP contribution < -0.4 is 5.32 Å². The summed E-state index contributed by atoms with van der Waals surface area (Å²) in [5, 5.41) is 17.7. The van der Waals surface area contributed by atoms with E-state index in [-0.39, 0.29) is 23.2 Å². The molecule has 0 radical (unpaired) electrons. The minimum absolute atomic E-state index is 0.113. The van der Waals surface area contributed by atoms with Crippen LogP contribution in [0.4, 0.5) is 5.69 Å². The van der Waals surface area contributed by atoms with Gasteiger partial charge in [-0.25, -0.2) is 9.67 Å². The molecule has 1 heterocycles. The van der Waals surface area contributed by atoms with E-state index in [4.69, 9.17) is 0 Å². The van der Waals surface area contributed by atoms with Crippen LogP contribution in [0.1, 0.15) is 28.9 Å². The first-order valence-electron chi connectivity index (χ1n) is 7.55. The van der Waals surface area contributed by atoms with Gasteiger partial charge in [0, 0.05) is 17.7 Å². The third-order valence-corrected chi connectivity index (χ3v) is 3.74. The number of nitrogens with zero attached hydrogens (tertiary/aromatic N) is 4. The summed E-state index contributed by atoms with van der Waals surface area (Å²) in [5.74, 6) is -0.364. The van der Waals surface area contributed by atoms with Crippen molar-refractivity contribution in [2.45, 2.75) is 13.0 Å². The molecule has 1 aromatic heterocycles. The number of carbonyl (C=O) groups is 1. The number of carbonyl (C=O) groups excluding carboxylic acids is 1. The molecule has 1 unspecified atom stereocenters. The number of nitro groups is 1. The van der Waals surface area contributed by atoms with E-state index < -0.39 is 4.92 Å². The number of nitrogens with one attached hydrogen (secondary N) is 1. The minimum atomic E-state index is -0.525. The highest BCUT2D eigenvalue weighted by Gasteiger charge is 2.14. The van der Waals surface area contributed by atoms with Gasteiger partial charge in [-0.3, -0.25) is 14.9 Å². The van der Waals surface area contributed by atoms with Gasteiger partial charge in [0.25, 0.3) is 11.6 Å². The summed E-state index contributed by atoms with van der Waals surface area (Å²) >= 11 is 0. The molecule has 1 N–H and O–H groups in total. The van der Waals surface area contributed by atoms with Crippen LogP contribution in [0.15, 0.2) is 61.2 Å². The van der Waals surface area contributed by atoms with Crippen LogP contribution in [0.5, 0.6) is 0 Å². The third kappa shape index (κ3) is 3.69. The van der Waals surface area contributed by atoms with Crippen molar-refractivity contribution < 1.29 is 9.72 Å². The van der Waals surface area contributed by atoms with Crippen molar-refractivity contribution in [3.05, 3.63) is 82.4 Å². The molecule has 8 nitrogen and oxygen atoms in total. The average Bonchev–Trinajstić information content (AvgIpc) is 3.16. The van der Waals surface area contributed by atoms with Crippen LogP contribution in [0.3, 0.4) is 0 Å². The number of amides is 1. The molecule has 0 bridgehead atoms. The second-order valence-electron chi connectivity index (χ2n) is 5.43. The number of non-ortho nitro benzene ring substituents is 1. The average molecular weight is 337 g/mol. The number of nitro benzene ring substituents is 1. The lowest BCUT2D eigenvalue weighted by Crippen LogP contribution is -2.26. The van der Waals surface area contributed by atoms with E-state index in [1.165, 1.54) is 24.5 Å². The Labute approximate surface area is 143 Å². The van der Waals surface area contributed by atoms with E-state index in [9.17, 15) is 14.9 Å². The minimum Gasteiger partial charge on any atom is -0.346 e. The molecule has 0 aliphatic carbocycles. The van der Waals surface area contributed by atoms with Crippen LogP contribution in [0.2, 0.25) is 0 Å². The molecular formula is C17H15N5O3. The zero-order valence-electron chi connectivity index (χ0n) is 13.4. The zero-order chi connectivity index (χ0) is 17.8. The van der Waals surface area contributed by atoms with E-state index in [0.717, 1.165) is 11.3 Å². The quantitative estimate of drug-likeness (QED) is 0.569. The summed E-state index contributed by atoms with van der Waals surface area (Å²) in [5.41, 5.74) is 1.90. The SMILES string of the molecule is CC(NC(=O)c1cccc([N+](=O)[O-])c1)c1ccc(-n2cncn2)cc1. The van der Waals surface area contributed by atoms with Crippen molar-refractivity contribution in [2.24, 2.45) is 0 Å². The predicted octanol–water partition coefficient (Wildman–Crippen LogP) is 2.67. The molecule has 0 saturated heterocycles. The summed E-state index contributed by atoms with van der Waals surface area (Å²) in [6, 6.07) is 12.9. The fraction of sp³-hybridized carbons (Fsp3) is 0.118. The lowest BCUT2D eigenvalue weighted by atomic mass is 10.1. The van der Waals surface area contributed by atoms with Gasteiger partial charge in [-0.1, -0.05) is 18.2 Å². The summed E-state index contributed by atoms with van der Waals surface area (Å²) in [4.78, 5) is 26.5. The summed E-state index contributed by atoms with van der Waals surface area (Å²) in [6.07, 6.45) is 3.05. The number of aromatic nitrogens is 3. The van der Waals surface area contributed by atoms with Gasteiger partial charge in [-0.15, -0.1) is 0 Å². The summed E-state index contributed by atoms with van der Waals surface area (Å²) in [6.45, 7) is 1.85. The van der Waals surface area contributed by atoms with Gasteiger partial charge >= 0.3 is 0 Å². The van der Waals surface area contributed by atoms with Gasteiger partial charge in [0.2, 0.25) is 0 Å². The van der Waals surface area contributed by atoms with Crippen LogP contribution in [0.25, 0.3) is 5.69 Å². The van der Waals surface area contributed by atoms with Crippen molar-refractivity contribution in [1.29, 1.82) is 0 Å². The monoisotopic (exact) mass is 337 g/mol. The van der Waals surface area contributed by atoms with E-state index in [1.807, 2.05) is 31.2 Å². The molecule has 25 heavy (non-hydrogen) atoms. The van der Waals surface area contributed by atoms with Crippen LogP contribution in [-0.4, -0.2) is 25.6 Å². The second kappa shape index (κ2) is 6.91. The van der Waals surface area contributed by atoms with E-state index >= 15 is 0 Å². The summed E-state index contributed by atoms with van der Waals surface area (Å²) in [7, 11) is 0. The van der Waals surface area contributed by atoms with Gasteiger partial charge in [-0.2, -0.15) is 5.10 Å². The first kappa shape index (κ1) is 16.3. The maximum absolute atomic E-state index is 12.3. The molecule has 3 rings (SSSR count). The molecule has 0 aliphatic rings. The normalized spacial score (nSPS) is 11.7. The first-order chi connectivity index (χ1) is 12.0. The molecule has 2 aromatic carbocycles. The van der Waals surface area contributed by atoms with Gasteiger partial charge < -0.3 is 5.32 Å². The fourth-order valence-corrected chi connectivity index (χ4v) is 2.38. The van der Waals surface area contributed by atoms with E-state index in [0.29, 0.717) is 0 Å². The Morgan fingerprint density at radius 1 is 1.24 bits per heavy atom. The lowest BCUT2D eigenvalue weighted by molar-refractivity contribution is -0.384. The van der Waals surface area contributed by atoms with E-state index in [2.05, 4.69) is 15.4 Å². The predicted molar refractivity (Wildman–Crippen MR) is 90.3 cm³/mol. The maximum atomic E-state index is 12.3. The molecule has 1 amide bonds. The van der Waals surface area contributed by atoms with Crippen molar-refractivity contribution in [1.82, 2.24) is 20.1 Å². The number of hydrogen-bond acceptors (Lipinski definition) is 5. The Morgan fingerprint density at radius 3 is 2.64 bits per heavy atom. The van der Waals surface area contributed by atoms with Gasteiger partial charge in [-0.05, 0) is 30.7 Å². The molecule has 1 atom stereocenters. The molecular weight excluding hydrogens is 322 g/mol. The standard InChI is InChI=1S/C17H15N5O3/c1-12(13-5-7-15(8-6-13)21-11-18-10-19-21)20-17(23)14-3-2-4-16(9-14)22(24)25/h2-12H,1H3,(H,20,23). The van der Waals surface area contributed by atoms with Crippen molar-refractivity contribution in [2.75, 3.05) is 0 Å². The highest BCUT2D eigenvalue weighted by atomic mass is 16.6. The Kier molecular flexibility index (Phi) is 4.51. The van der Waals surface area contributed by atoms with Crippen molar-refractivity contribution in [3.63, 3.8) is 0 Å². The lowest BCUT2D eigenvalue weighted by Gasteiger charge is -2.15. The summed E-state index contributed by atoms with van der Waals surface area (Å²) < 4.78 is 1.64. The molecule has 126 valence electrons. The number of hydrogen-bond donors (Lipinski definition) is 1. The Morgan fingerprint density at radius 2 is 2.00 bits per heavy atom. The smallest absolute Gasteiger partial charge is 0.270 e. The number of benzene rings is 2. The largest absolute Gasteiger partial charge is 0.346 e. The highest BCUT2D eigenvalue weighted by Crippen LogP contribution is 2.17. The molecule has 0 spiro atoms. The zero-order valence-corrected chi connectivity index (χ0v) is 13.4. The molecule has 3 aromatic rings. The molecule has 8 heteroatoms. The van der Waals surface area contributed by atoms with Crippen LogP contribution in [0, 0.1) is 10.1 Å². The Hall–Kier alpha value is -3.55. The third-order valence-electron chi connectivity index (χ3n) is 3.74. The Balaban J connectivity index is 1.71. The number of rotatable bonds is 5. The second-order valence-corrected chi connectivity index (χ2v) is 5.43. The van der Waals surface area contributed by atoms with Crippen LogP contribution >= 0.6 is 0 Å². The van der Waals surface area contributed by atoms with E-state index in [1.54, 1.807) is 17.1 Å². The fourth-order valence-electron chi connectivity index (χ4n) is 2.38. The van der Waals surface area contributed by atoms with Gasteiger partial charge in [0.05, 0.1) is 16.7 Å². The Bertz CT molecular complexity index is 891. The molecule has 0 saturated carbocycles. The molecule has 0 aliphatic heterocycles. The van der Waals surface area contributed by atoms with Gasteiger partial charge in [0.1, 0.15) is 12.7 Å². The van der Waals surface area contributed by atoms with Crippen molar-refractivity contribution in [3.8, 4) is 5.69 Å². The first-order valence-corrected chi connectivity index (χ1v) is 7.55. The van der Waals surface area contributed by atoms with Crippen molar-refractivity contribution >= 4 is 11.6 Å². The van der Waals surface area contributed by atoms with Gasteiger partial charge in [0.15, 0.2) is 0 Å². The molecule has 0 fully saturated rings. The maximum Gasteiger partial charge on any atom is 0.270 e. The topological polar surface area (TPSA) is 103 Å².